The molecule has 2 saturated heterocycles. The molecular weight excluding hydrogens is 384 g/mol. The summed E-state index contributed by atoms with van der Waals surface area (Å²) in [7, 11) is -1.24. The minimum absolute atomic E-state index is 0.0499. The third kappa shape index (κ3) is 6.49. The molecule has 2 heterocycles. The second-order valence-electron chi connectivity index (χ2n) is 9.43. The summed E-state index contributed by atoms with van der Waals surface area (Å²) in [5.41, 5.74) is 1.08. The van der Waals surface area contributed by atoms with Crippen LogP contribution in [0.5, 0.6) is 0 Å². The highest BCUT2D eigenvalue weighted by Crippen LogP contribution is 2.31. The number of benzene rings is 1. The zero-order chi connectivity index (χ0) is 20.9. The van der Waals surface area contributed by atoms with Crippen molar-refractivity contribution in [1.82, 2.24) is 19.4 Å². The molecule has 0 radical (unpaired) electrons. The highest BCUT2D eigenvalue weighted by atomic mass is 32.2. The van der Waals surface area contributed by atoms with E-state index in [1.165, 1.54) is 0 Å². The van der Waals surface area contributed by atoms with Gasteiger partial charge in [-0.05, 0) is 62.5 Å². The van der Waals surface area contributed by atoms with Crippen molar-refractivity contribution in [1.29, 1.82) is 0 Å². The molecule has 2 aliphatic rings. The maximum Gasteiger partial charge on any atom is 0.243 e. The van der Waals surface area contributed by atoms with Crippen LogP contribution < -0.4 is 5.32 Å². The maximum atomic E-state index is 13.1. The van der Waals surface area contributed by atoms with E-state index in [9.17, 15) is 8.42 Å². The molecule has 0 saturated carbocycles. The fourth-order valence-electron chi connectivity index (χ4n) is 4.27. The SMILES string of the molecule is CN1CCN(CCCNCc2cccc(S(=O)(=O)N3CCCC(C)(C)C3)c2)CC1. The predicted octanol–water partition coefficient (Wildman–Crippen LogP) is 2.22. The van der Waals surface area contributed by atoms with E-state index in [4.69, 9.17) is 0 Å². The van der Waals surface area contributed by atoms with E-state index in [0.717, 1.165) is 64.1 Å². The molecule has 0 amide bonds. The number of hydrogen-bond donors (Lipinski definition) is 1. The minimum Gasteiger partial charge on any atom is -0.313 e. The minimum atomic E-state index is -3.41. The fourth-order valence-corrected chi connectivity index (χ4v) is 6.01. The Morgan fingerprint density at radius 3 is 2.59 bits per heavy atom. The van der Waals surface area contributed by atoms with Crippen LogP contribution in [0, 0.1) is 5.41 Å². The second kappa shape index (κ2) is 9.88. The fraction of sp³-hybridized carbons (Fsp3) is 0.727. The first-order chi connectivity index (χ1) is 13.8. The topological polar surface area (TPSA) is 55.9 Å². The number of likely N-dealkylation sites (N-methyl/N-ethyl adjacent to an activating group) is 1. The number of rotatable bonds is 8. The Labute approximate surface area is 177 Å². The molecule has 164 valence electrons. The number of piperidine rings is 1. The lowest BCUT2D eigenvalue weighted by Crippen LogP contribution is -2.45. The predicted molar refractivity (Wildman–Crippen MR) is 118 cm³/mol. The van der Waals surface area contributed by atoms with Gasteiger partial charge in [0.15, 0.2) is 0 Å². The molecule has 7 heteroatoms. The van der Waals surface area contributed by atoms with Gasteiger partial charge in [0.05, 0.1) is 4.90 Å². The first-order valence-corrected chi connectivity index (χ1v) is 12.4. The molecule has 0 aliphatic carbocycles. The highest BCUT2D eigenvalue weighted by Gasteiger charge is 2.34. The normalized spacial score (nSPS) is 22.0. The van der Waals surface area contributed by atoms with E-state index in [-0.39, 0.29) is 5.41 Å². The summed E-state index contributed by atoms with van der Waals surface area (Å²) >= 11 is 0. The Morgan fingerprint density at radius 2 is 1.86 bits per heavy atom. The summed E-state index contributed by atoms with van der Waals surface area (Å²) in [6.07, 6.45) is 3.13. The van der Waals surface area contributed by atoms with E-state index in [2.05, 4.69) is 36.0 Å². The van der Waals surface area contributed by atoms with Crippen LogP contribution >= 0.6 is 0 Å². The Bertz CT molecular complexity index is 758. The molecule has 0 aromatic heterocycles. The average Bonchev–Trinajstić information content (AvgIpc) is 2.68. The molecular formula is C22H38N4O2S. The molecule has 29 heavy (non-hydrogen) atoms. The van der Waals surface area contributed by atoms with Crippen LogP contribution in [-0.4, -0.2) is 81.9 Å². The lowest BCUT2D eigenvalue weighted by atomic mass is 9.85. The number of nitrogens with one attached hydrogen (secondary N) is 1. The van der Waals surface area contributed by atoms with Crippen LogP contribution in [0.3, 0.4) is 0 Å². The maximum absolute atomic E-state index is 13.1. The summed E-state index contributed by atoms with van der Waals surface area (Å²) < 4.78 is 27.9. The third-order valence-electron chi connectivity index (χ3n) is 6.15. The average molecular weight is 423 g/mol. The number of piperazine rings is 1. The molecule has 3 rings (SSSR count). The van der Waals surface area contributed by atoms with Crippen molar-refractivity contribution in [2.24, 2.45) is 5.41 Å². The molecule has 2 fully saturated rings. The molecule has 1 N–H and O–H groups in total. The largest absolute Gasteiger partial charge is 0.313 e. The smallest absolute Gasteiger partial charge is 0.243 e. The zero-order valence-corrected chi connectivity index (χ0v) is 19.2. The van der Waals surface area contributed by atoms with E-state index < -0.39 is 10.0 Å². The summed E-state index contributed by atoms with van der Waals surface area (Å²) in [5, 5.41) is 3.48. The van der Waals surface area contributed by atoms with Gasteiger partial charge in [-0.25, -0.2) is 8.42 Å². The molecule has 0 atom stereocenters. The van der Waals surface area contributed by atoms with Crippen LogP contribution in [0.4, 0.5) is 0 Å². The summed E-state index contributed by atoms with van der Waals surface area (Å²) in [6, 6.07) is 7.44. The van der Waals surface area contributed by atoms with Crippen molar-refractivity contribution in [2.45, 2.75) is 44.6 Å². The van der Waals surface area contributed by atoms with Gasteiger partial charge in [-0.3, -0.25) is 0 Å². The summed E-state index contributed by atoms with van der Waals surface area (Å²) in [4.78, 5) is 5.32. The molecule has 6 nitrogen and oxygen atoms in total. The molecule has 1 aromatic carbocycles. The van der Waals surface area contributed by atoms with Crippen molar-refractivity contribution in [2.75, 3.05) is 59.4 Å². The van der Waals surface area contributed by atoms with Gasteiger partial charge in [0.1, 0.15) is 0 Å². The monoisotopic (exact) mass is 422 g/mol. The first-order valence-electron chi connectivity index (χ1n) is 11.0. The Hall–Kier alpha value is -0.990. The van der Waals surface area contributed by atoms with Gasteiger partial charge in [0, 0.05) is 45.8 Å². The summed E-state index contributed by atoms with van der Waals surface area (Å²) in [5.74, 6) is 0. The van der Waals surface area contributed by atoms with Gasteiger partial charge >= 0.3 is 0 Å². The van der Waals surface area contributed by atoms with Gasteiger partial charge in [-0.15, -0.1) is 0 Å². The third-order valence-corrected chi connectivity index (χ3v) is 8.00. The van der Waals surface area contributed by atoms with Crippen molar-refractivity contribution in [3.05, 3.63) is 29.8 Å². The molecule has 2 aliphatic heterocycles. The number of hydrogen-bond acceptors (Lipinski definition) is 5. The Balaban J connectivity index is 1.48. The zero-order valence-electron chi connectivity index (χ0n) is 18.4. The number of sulfonamides is 1. The van der Waals surface area contributed by atoms with Gasteiger partial charge < -0.3 is 15.1 Å². The molecule has 0 unspecified atom stereocenters. The lowest BCUT2D eigenvalue weighted by molar-refractivity contribution is 0.153. The van der Waals surface area contributed by atoms with Gasteiger partial charge in [-0.1, -0.05) is 26.0 Å². The van der Waals surface area contributed by atoms with Gasteiger partial charge in [-0.2, -0.15) is 4.31 Å². The highest BCUT2D eigenvalue weighted by molar-refractivity contribution is 7.89. The second-order valence-corrected chi connectivity index (χ2v) is 11.4. The van der Waals surface area contributed by atoms with Crippen LogP contribution in [0.1, 0.15) is 38.7 Å². The van der Waals surface area contributed by atoms with E-state index in [0.29, 0.717) is 24.5 Å². The lowest BCUT2D eigenvalue weighted by Gasteiger charge is -2.37. The van der Waals surface area contributed by atoms with Crippen molar-refractivity contribution < 1.29 is 8.42 Å². The molecule has 0 bridgehead atoms. The van der Waals surface area contributed by atoms with Crippen molar-refractivity contribution in [3.63, 3.8) is 0 Å². The number of nitrogens with zero attached hydrogens (tertiary/aromatic N) is 3. The van der Waals surface area contributed by atoms with Crippen molar-refractivity contribution in [3.8, 4) is 0 Å². The van der Waals surface area contributed by atoms with Gasteiger partial charge in [0.2, 0.25) is 10.0 Å². The van der Waals surface area contributed by atoms with Crippen LogP contribution in [0.25, 0.3) is 0 Å². The van der Waals surface area contributed by atoms with Gasteiger partial charge in [0.25, 0.3) is 0 Å². The Kier molecular flexibility index (Phi) is 7.73. The molecule has 1 aromatic rings. The molecule has 0 spiro atoms. The van der Waals surface area contributed by atoms with E-state index in [1.54, 1.807) is 10.4 Å². The quantitative estimate of drug-likeness (QED) is 0.651. The van der Waals surface area contributed by atoms with E-state index in [1.807, 2.05) is 18.2 Å². The van der Waals surface area contributed by atoms with Crippen LogP contribution in [-0.2, 0) is 16.6 Å². The summed E-state index contributed by atoms with van der Waals surface area (Å²) in [6.45, 7) is 12.9. The van der Waals surface area contributed by atoms with E-state index >= 15 is 0 Å². The van der Waals surface area contributed by atoms with Crippen LogP contribution in [0.15, 0.2) is 29.2 Å². The van der Waals surface area contributed by atoms with Crippen LogP contribution in [0.2, 0.25) is 0 Å². The van der Waals surface area contributed by atoms with Crippen molar-refractivity contribution >= 4 is 10.0 Å². The first kappa shape index (κ1) is 22.7. The standard InChI is InChI=1S/C22H38N4O2S/c1-22(2)9-5-12-26(19-22)29(27,28)21-8-4-7-20(17-21)18-23-10-6-11-25-15-13-24(3)14-16-25/h4,7-8,17,23H,5-6,9-16,18-19H2,1-3H3. The Morgan fingerprint density at radius 1 is 1.10 bits per heavy atom.